The summed E-state index contributed by atoms with van der Waals surface area (Å²) >= 11 is 12.1. The Labute approximate surface area is 161 Å². The standard InChI is InChI=1S/C18H18Cl2FN3O2/c1-22-18(23-7-11-2-3-14(19)6-16(11)20)24-8-12-4-15(21)5-13-9-25-10-26-17(12)13/h2-6H,7-10H2,1H3,(H2,22,23,24). The van der Waals surface area contributed by atoms with Gasteiger partial charge in [0.2, 0.25) is 0 Å². The fraction of sp³-hybridized carbons (Fsp3) is 0.278. The number of hydrogen-bond acceptors (Lipinski definition) is 3. The average molecular weight is 398 g/mol. The van der Waals surface area contributed by atoms with Gasteiger partial charge in [0.05, 0.1) is 6.61 Å². The van der Waals surface area contributed by atoms with Gasteiger partial charge >= 0.3 is 0 Å². The predicted octanol–water partition coefficient (Wildman–Crippen LogP) is 3.86. The van der Waals surface area contributed by atoms with Crippen molar-refractivity contribution in [2.24, 2.45) is 4.99 Å². The quantitative estimate of drug-likeness (QED) is 0.607. The molecule has 2 aromatic rings. The largest absolute Gasteiger partial charge is 0.467 e. The fourth-order valence-electron chi connectivity index (χ4n) is 2.63. The molecule has 0 unspecified atom stereocenters. The van der Waals surface area contributed by atoms with E-state index in [4.69, 9.17) is 32.7 Å². The number of fused-ring (bicyclic) bond motifs is 1. The molecule has 0 radical (unpaired) electrons. The summed E-state index contributed by atoms with van der Waals surface area (Å²) in [7, 11) is 1.66. The van der Waals surface area contributed by atoms with Gasteiger partial charge in [0, 0.05) is 41.3 Å². The van der Waals surface area contributed by atoms with E-state index in [0.29, 0.717) is 52.6 Å². The lowest BCUT2D eigenvalue weighted by Gasteiger charge is -2.21. The van der Waals surface area contributed by atoms with Crippen molar-refractivity contribution < 1.29 is 13.9 Å². The Kier molecular flexibility index (Phi) is 6.19. The monoisotopic (exact) mass is 397 g/mol. The molecule has 0 aliphatic carbocycles. The first-order valence-electron chi connectivity index (χ1n) is 7.97. The maximum Gasteiger partial charge on any atom is 0.191 e. The molecule has 2 aromatic carbocycles. The van der Waals surface area contributed by atoms with Crippen molar-refractivity contribution in [3.63, 3.8) is 0 Å². The van der Waals surface area contributed by atoms with Crippen molar-refractivity contribution in [3.05, 3.63) is 62.9 Å². The molecule has 2 N–H and O–H groups in total. The van der Waals surface area contributed by atoms with E-state index in [2.05, 4.69) is 15.6 Å². The minimum Gasteiger partial charge on any atom is -0.467 e. The minimum absolute atomic E-state index is 0.160. The molecular formula is C18H18Cl2FN3O2. The summed E-state index contributed by atoms with van der Waals surface area (Å²) in [6.07, 6.45) is 0. The van der Waals surface area contributed by atoms with Crippen LogP contribution in [0, 0.1) is 5.82 Å². The first kappa shape index (κ1) is 18.8. The van der Waals surface area contributed by atoms with Gasteiger partial charge in [0.15, 0.2) is 12.8 Å². The van der Waals surface area contributed by atoms with Gasteiger partial charge in [-0.2, -0.15) is 0 Å². The Morgan fingerprint density at radius 3 is 2.65 bits per heavy atom. The Bertz CT molecular complexity index is 830. The van der Waals surface area contributed by atoms with Gasteiger partial charge < -0.3 is 20.1 Å². The molecule has 0 aromatic heterocycles. The molecule has 0 saturated carbocycles. The molecule has 3 rings (SSSR count). The summed E-state index contributed by atoms with van der Waals surface area (Å²) in [6, 6.07) is 8.18. The van der Waals surface area contributed by atoms with Crippen LogP contribution in [0.25, 0.3) is 0 Å². The normalized spacial score (nSPS) is 13.8. The molecule has 138 valence electrons. The third-order valence-electron chi connectivity index (χ3n) is 3.88. The van der Waals surface area contributed by atoms with Crippen LogP contribution in [-0.2, 0) is 24.4 Å². The molecule has 5 nitrogen and oxygen atoms in total. The zero-order chi connectivity index (χ0) is 18.5. The number of benzene rings is 2. The highest BCUT2D eigenvalue weighted by Gasteiger charge is 2.17. The van der Waals surface area contributed by atoms with Crippen molar-refractivity contribution >= 4 is 29.2 Å². The van der Waals surface area contributed by atoms with E-state index < -0.39 is 0 Å². The number of guanidine groups is 1. The van der Waals surface area contributed by atoms with Gasteiger partial charge in [-0.05, 0) is 29.8 Å². The highest BCUT2D eigenvalue weighted by molar-refractivity contribution is 6.35. The highest BCUT2D eigenvalue weighted by Crippen LogP contribution is 2.29. The third-order valence-corrected chi connectivity index (χ3v) is 4.47. The molecule has 0 amide bonds. The fourth-order valence-corrected chi connectivity index (χ4v) is 3.11. The van der Waals surface area contributed by atoms with E-state index in [0.717, 1.165) is 5.56 Å². The molecule has 0 atom stereocenters. The summed E-state index contributed by atoms with van der Waals surface area (Å²) < 4.78 is 24.5. The van der Waals surface area contributed by atoms with Crippen molar-refractivity contribution in [2.75, 3.05) is 13.8 Å². The lowest BCUT2D eigenvalue weighted by Crippen LogP contribution is -2.36. The number of halogens is 3. The topological polar surface area (TPSA) is 54.9 Å². The molecule has 0 fully saturated rings. The number of nitrogens with zero attached hydrogens (tertiary/aromatic N) is 1. The number of ether oxygens (including phenoxy) is 2. The summed E-state index contributed by atoms with van der Waals surface area (Å²) in [5.41, 5.74) is 2.29. The van der Waals surface area contributed by atoms with Crippen LogP contribution in [0.1, 0.15) is 16.7 Å². The van der Waals surface area contributed by atoms with E-state index in [1.807, 2.05) is 6.07 Å². The molecule has 26 heavy (non-hydrogen) atoms. The summed E-state index contributed by atoms with van der Waals surface area (Å²) in [5, 5.41) is 7.47. The average Bonchev–Trinajstić information content (AvgIpc) is 2.63. The van der Waals surface area contributed by atoms with Crippen LogP contribution in [0.2, 0.25) is 10.0 Å². The number of hydrogen-bond donors (Lipinski definition) is 2. The van der Waals surface area contributed by atoms with Crippen LogP contribution < -0.4 is 15.4 Å². The minimum atomic E-state index is -0.328. The summed E-state index contributed by atoms with van der Waals surface area (Å²) in [6.45, 7) is 1.32. The van der Waals surface area contributed by atoms with Gasteiger partial charge in [-0.3, -0.25) is 4.99 Å². The van der Waals surface area contributed by atoms with Crippen molar-refractivity contribution in [3.8, 4) is 5.75 Å². The second-order valence-corrected chi connectivity index (χ2v) is 6.52. The molecule has 1 aliphatic heterocycles. The zero-order valence-corrected chi connectivity index (χ0v) is 15.6. The predicted molar refractivity (Wildman–Crippen MR) is 100 cm³/mol. The third kappa shape index (κ3) is 4.58. The van der Waals surface area contributed by atoms with Crippen LogP contribution in [-0.4, -0.2) is 19.8 Å². The maximum atomic E-state index is 13.8. The van der Waals surface area contributed by atoms with Crippen LogP contribution in [0.4, 0.5) is 4.39 Å². The number of nitrogens with one attached hydrogen (secondary N) is 2. The molecule has 0 spiro atoms. The number of aliphatic imine (C=N–C) groups is 1. The highest BCUT2D eigenvalue weighted by atomic mass is 35.5. The first-order valence-corrected chi connectivity index (χ1v) is 8.72. The second kappa shape index (κ2) is 8.58. The zero-order valence-electron chi connectivity index (χ0n) is 14.1. The second-order valence-electron chi connectivity index (χ2n) is 5.68. The Hall–Kier alpha value is -2.02. The Morgan fingerprint density at radius 1 is 1.15 bits per heavy atom. The summed E-state index contributed by atoms with van der Waals surface area (Å²) in [4.78, 5) is 4.17. The van der Waals surface area contributed by atoms with Crippen LogP contribution in [0.5, 0.6) is 5.75 Å². The van der Waals surface area contributed by atoms with E-state index in [9.17, 15) is 4.39 Å². The first-order chi connectivity index (χ1) is 12.6. The van der Waals surface area contributed by atoms with E-state index >= 15 is 0 Å². The molecule has 0 saturated heterocycles. The van der Waals surface area contributed by atoms with Gasteiger partial charge in [0.25, 0.3) is 0 Å². The van der Waals surface area contributed by atoms with E-state index in [1.54, 1.807) is 19.2 Å². The molecule has 0 bridgehead atoms. The van der Waals surface area contributed by atoms with Gasteiger partial charge in [0.1, 0.15) is 11.6 Å². The number of rotatable bonds is 4. The van der Waals surface area contributed by atoms with Gasteiger partial charge in [-0.1, -0.05) is 29.3 Å². The Balaban J connectivity index is 1.64. The molecule has 8 heteroatoms. The van der Waals surface area contributed by atoms with E-state index in [1.165, 1.54) is 12.1 Å². The lowest BCUT2D eigenvalue weighted by atomic mass is 10.1. The SMILES string of the molecule is CN=C(NCc1ccc(Cl)cc1Cl)NCc1cc(F)cc2c1OCOC2. The van der Waals surface area contributed by atoms with Gasteiger partial charge in [-0.25, -0.2) is 4.39 Å². The van der Waals surface area contributed by atoms with Crippen molar-refractivity contribution in [1.82, 2.24) is 10.6 Å². The maximum absolute atomic E-state index is 13.8. The Morgan fingerprint density at radius 2 is 1.92 bits per heavy atom. The molecular weight excluding hydrogens is 380 g/mol. The summed E-state index contributed by atoms with van der Waals surface area (Å²) in [5.74, 6) is 0.882. The lowest BCUT2D eigenvalue weighted by molar-refractivity contribution is -0.0172. The van der Waals surface area contributed by atoms with Crippen molar-refractivity contribution in [2.45, 2.75) is 19.7 Å². The molecule has 1 aliphatic rings. The van der Waals surface area contributed by atoms with Crippen LogP contribution in [0.15, 0.2) is 35.3 Å². The van der Waals surface area contributed by atoms with Gasteiger partial charge in [-0.15, -0.1) is 0 Å². The van der Waals surface area contributed by atoms with Crippen LogP contribution >= 0.6 is 23.2 Å². The van der Waals surface area contributed by atoms with Crippen LogP contribution in [0.3, 0.4) is 0 Å². The smallest absolute Gasteiger partial charge is 0.191 e. The molecule has 1 heterocycles. The van der Waals surface area contributed by atoms with E-state index in [-0.39, 0.29) is 12.6 Å². The van der Waals surface area contributed by atoms with Crippen molar-refractivity contribution in [1.29, 1.82) is 0 Å².